The molecule has 1 aliphatic heterocycles. The van der Waals surface area contributed by atoms with E-state index in [1.165, 1.54) is 23.3 Å². The molecule has 1 aromatic heterocycles. The Morgan fingerprint density at radius 1 is 1.15 bits per heavy atom. The number of hydrogen-bond acceptors (Lipinski definition) is 4. The number of benzene rings is 2. The van der Waals surface area contributed by atoms with Gasteiger partial charge in [0.15, 0.2) is 11.9 Å². The third-order valence-corrected chi connectivity index (χ3v) is 5.22. The van der Waals surface area contributed by atoms with Crippen molar-refractivity contribution in [3.63, 3.8) is 0 Å². The van der Waals surface area contributed by atoms with Gasteiger partial charge in [-0.2, -0.15) is 0 Å². The van der Waals surface area contributed by atoms with Crippen molar-refractivity contribution in [1.29, 1.82) is 0 Å². The fourth-order valence-corrected chi connectivity index (χ4v) is 4.13. The first-order valence-corrected chi connectivity index (χ1v) is 9.35. The fourth-order valence-electron chi connectivity index (χ4n) is 3.19. The normalized spacial score (nSPS) is 13.3. The number of rotatable bonds is 4. The molecule has 2 aromatic carbocycles. The van der Waals surface area contributed by atoms with E-state index in [-0.39, 0.29) is 12.6 Å². The zero-order valence-electron chi connectivity index (χ0n) is 14.7. The number of thioether (sulfide) groups is 1. The number of nitrogens with zero attached hydrogens (tertiary/aromatic N) is 2. The van der Waals surface area contributed by atoms with E-state index in [4.69, 9.17) is 9.47 Å². The highest BCUT2D eigenvalue weighted by molar-refractivity contribution is 7.98. The highest BCUT2D eigenvalue weighted by Gasteiger charge is 2.18. The van der Waals surface area contributed by atoms with E-state index in [0.29, 0.717) is 12.4 Å². The van der Waals surface area contributed by atoms with Crippen molar-refractivity contribution in [2.24, 2.45) is 0 Å². The van der Waals surface area contributed by atoms with Crippen LogP contribution >= 0.6 is 11.8 Å². The molecule has 3 aromatic rings. The molecule has 134 valence electrons. The van der Waals surface area contributed by atoms with Gasteiger partial charge in [-0.25, -0.2) is 9.37 Å². The second kappa shape index (κ2) is 7.13. The first kappa shape index (κ1) is 17.1. The monoisotopic (exact) mass is 370 g/mol. The molecule has 26 heavy (non-hydrogen) atoms. The number of fused-ring (bicyclic) bond motifs is 1. The molecule has 4 rings (SSSR count). The van der Waals surface area contributed by atoms with Gasteiger partial charge in [-0.3, -0.25) is 4.57 Å². The molecule has 2 heterocycles. The quantitative estimate of drug-likeness (QED) is 0.619. The third kappa shape index (κ3) is 3.48. The summed E-state index contributed by atoms with van der Waals surface area (Å²) in [6, 6.07) is 9.40. The predicted octanol–water partition coefficient (Wildman–Crippen LogP) is 4.79. The molecule has 0 radical (unpaired) electrons. The molecule has 0 N–H and O–H groups in total. The lowest BCUT2D eigenvalue weighted by molar-refractivity contribution is -0.0171. The zero-order chi connectivity index (χ0) is 18.1. The Kier molecular flexibility index (Phi) is 4.70. The van der Waals surface area contributed by atoms with Crippen molar-refractivity contribution in [1.82, 2.24) is 9.55 Å². The third-order valence-electron chi connectivity index (χ3n) is 4.20. The number of halogens is 1. The number of aromatic nitrogens is 2. The SMILES string of the molecule is Cc1cc(C)cc(-n2ccnc2SCc2cc(F)cc3c2OCOC3)c1. The van der Waals surface area contributed by atoms with Gasteiger partial charge in [-0.05, 0) is 49.2 Å². The van der Waals surface area contributed by atoms with Crippen LogP contribution in [0.4, 0.5) is 4.39 Å². The van der Waals surface area contributed by atoms with Gasteiger partial charge in [0.1, 0.15) is 11.6 Å². The molecule has 0 bridgehead atoms. The molecule has 4 nitrogen and oxygen atoms in total. The van der Waals surface area contributed by atoms with Crippen LogP contribution in [-0.2, 0) is 17.1 Å². The van der Waals surface area contributed by atoms with E-state index in [1.807, 2.05) is 6.20 Å². The van der Waals surface area contributed by atoms with Gasteiger partial charge in [0.25, 0.3) is 0 Å². The second-order valence-corrected chi connectivity index (χ2v) is 7.32. The Labute approximate surface area is 156 Å². The van der Waals surface area contributed by atoms with Crippen LogP contribution in [0.1, 0.15) is 22.3 Å². The van der Waals surface area contributed by atoms with Crippen LogP contribution < -0.4 is 4.74 Å². The van der Waals surface area contributed by atoms with E-state index in [1.54, 1.807) is 18.0 Å². The smallest absolute Gasteiger partial charge is 0.189 e. The highest BCUT2D eigenvalue weighted by atomic mass is 32.2. The van der Waals surface area contributed by atoms with Crippen molar-refractivity contribution in [3.8, 4) is 11.4 Å². The topological polar surface area (TPSA) is 36.3 Å². The molecular formula is C20H19FN2O2S. The molecule has 1 aliphatic rings. The number of ether oxygens (including phenoxy) is 2. The average molecular weight is 370 g/mol. The summed E-state index contributed by atoms with van der Waals surface area (Å²) in [6.45, 7) is 4.74. The van der Waals surface area contributed by atoms with Gasteiger partial charge < -0.3 is 9.47 Å². The van der Waals surface area contributed by atoms with Crippen LogP contribution in [0.2, 0.25) is 0 Å². The van der Waals surface area contributed by atoms with Crippen molar-refractivity contribution in [3.05, 3.63) is 70.8 Å². The van der Waals surface area contributed by atoms with Crippen LogP contribution in [0.25, 0.3) is 5.69 Å². The molecule has 0 atom stereocenters. The van der Waals surface area contributed by atoms with Gasteiger partial charge in [-0.1, -0.05) is 17.8 Å². The van der Waals surface area contributed by atoms with Gasteiger partial charge in [0.05, 0.1) is 6.61 Å². The minimum absolute atomic E-state index is 0.202. The number of aryl methyl sites for hydroxylation is 2. The van der Waals surface area contributed by atoms with Crippen LogP contribution in [0.3, 0.4) is 0 Å². The zero-order valence-corrected chi connectivity index (χ0v) is 15.5. The lowest BCUT2D eigenvalue weighted by Gasteiger charge is -2.20. The summed E-state index contributed by atoms with van der Waals surface area (Å²) in [7, 11) is 0. The van der Waals surface area contributed by atoms with Crippen molar-refractivity contribution in [2.45, 2.75) is 31.4 Å². The molecule has 0 unspecified atom stereocenters. The average Bonchev–Trinajstić information content (AvgIpc) is 3.07. The maximum atomic E-state index is 13.9. The minimum atomic E-state index is -0.272. The lowest BCUT2D eigenvalue weighted by Crippen LogP contribution is -2.13. The number of hydrogen-bond donors (Lipinski definition) is 0. The van der Waals surface area contributed by atoms with Crippen molar-refractivity contribution < 1.29 is 13.9 Å². The molecule has 0 saturated carbocycles. The maximum Gasteiger partial charge on any atom is 0.189 e. The van der Waals surface area contributed by atoms with Crippen molar-refractivity contribution in [2.75, 3.05) is 6.79 Å². The Bertz CT molecular complexity index is 935. The molecular weight excluding hydrogens is 351 g/mol. The van der Waals surface area contributed by atoms with E-state index >= 15 is 0 Å². The van der Waals surface area contributed by atoms with Crippen molar-refractivity contribution >= 4 is 11.8 Å². The fraction of sp³-hybridized carbons (Fsp3) is 0.250. The highest BCUT2D eigenvalue weighted by Crippen LogP contribution is 2.34. The number of imidazole rings is 1. The standard InChI is InChI=1S/C20H19FN2O2S/c1-13-5-14(2)7-18(6-13)23-4-3-22-20(23)26-11-16-9-17(21)8-15-10-24-12-25-19(15)16/h3-9H,10-12H2,1-2H3. The van der Waals surface area contributed by atoms with Gasteiger partial charge in [-0.15, -0.1) is 0 Å². The maximum absolute atomic E-state index is 13.9. The van der Waals surface area contributed by atoms with Gasteiger partial charge in [0, 0.05) is 35.0 Å². The summed E-state index contributed by atoms with van der Waals surface area (Å²) in [5.41, 5.74) is 5.07. The van der Waals surface area contributed by atoms with E-state index in [9.17, 15) is 4.39 Å². The van der Waals surface area contributed by atoms with Crippen LogP contribution in [0.5, 0.6) is 5.75 Å². The van der Waals surface area contributed by atoms with Crippen LogP contribution in [-0.4, -0.2) is 16.3 Å². The second-order valence-electron chi connectivity index (χ2n) is 6.38. The minimum Gasteiger partial charge on any atom is -0.467 e. The van der Waals surface area contributed by atoms with E-state index in [2.05, 4.69) is 41.6 Å². The first-order chi connectivity index (χ1) is 12.6. The van der Waals surface area contributed by atoms with Gasteiger partial charge in [0.2, 0.25) is 0 Å². The molecule has 6 heteroatoms. The summed E-state index contributed by atoms with van der Waals surface area (Å²) < 4.78 is 26.8. The molecule has 0 spiro atoms. The predicted molar refractivity (Wildman–Crippen MR) is 99.3 cm³/mol. The Hall–Kier alpha value is -2.31. The van der Waals surface area contributed by atoms with E-state index in [0.717, 1.165) is 27.7 Å². The molecule has 0 amide bonds. The first-order valence-electron chi connectivity index (χ1n) is 8.37. The summed E-state index contributed by atoms with van der Waals surface area (Å²) in [4.78, 5) is 4.47. The molecule has 0 saturated heterocycles. The Morgan fingerprint density at radius 3 is 2.77 bits per heavy atom. The Balaban J connectivity index is 1.61. The van der Waals surface area contributed by atoms with E-state index < -0.39 is 0 Å². The summed E-state index contributed by atoms with van der Waals surface area (Å²) >= 11 is 1.56. The Morgan fingerprint density at radius 2 is 1.96 bits per heavy atom. The summed E-state index contributed by atoms with van der Waals surface area (Å²) in [5, 5.41) is 0.861. The molecule has 0 fully saturated rings. The van der Waals surface area contributed by atoms with Crippen LogP contribution in [0, 0.1) is 19.7 Å². The lowest BCUT2D eigenvalue weighted by atomic mass is 10.1. The molecule has 0 aliphatic carbocycles. The van der Waals surface area contributed by atoms with Gasteiger partial charge >= 0.3 is 0 Å². The largest absolute Gasteiger partial charge is 0.467 e. The summed E-state index contributed by atoms with van der Waals surface area (Å²) in [5.74, 6) is 1.03. The summed E-state index contributed by atoms with van der Waals surface area (Å²) in [6.07, 6.45) is 3.73. The van der Waals surface area contributed by atoms with Crippen LogP contribution in [0.15, 0.2) is 47.9 Å².